The first-order valence-electron chi connectivity index (χ1n) is 7.99. The van der Waals surface area contributed by atoms with Gasteiger partial charge in [-0.15, -0.1) is 0 Å². The molecule has 1 aromatic rings. The molecular weight excluding hydrogens is 328 g/mol. The van der Waals surface area contributed by atoms with Gasteiger partial charge in [-0.3, -0.25) is 4.84 Å². The van der Waals surface area contributed by atoms with E-state index in [0.29, 0.717) is 0 Å². The Labute approximate surface area is 147 Å². The topological polar surface area (TPSA) is 106 Å². The predicted molar refractivity (Wildman–Crippen MR) is 90.6 cm³/mol. The van der Waals surface area contributed by atoms with Gasteiger partial charge in [-0.2, -0.15) is 5.48 Å². The molecule has 1 unspecified atom stereocenters. The van der Waals surface area contributed by atoms with Gasteiger partial charge < -0.3 is 19.9 Å². The lowest BCUT2D eigenvalue weighted by Crippen LogP contribution is -2.42. The summed E-state index contributed by atoms with van der Waals surface area (Å²) in [4.78, 5) is 28.3. The van der Waals surface area contributed by atoms with Gasteiger partial charge in [-0.25, -0.2) is 9.59 Å². The van der Waals surface area contributed by atoms with Crippen molar-refractivity contribution in [3.8, 4) is 0 Å². The highest BCUT2D eigenvalue weighted by Gasteiger charge is 2.18. The molecule has 3 N–H and O–H groups in total. The second-order valence-electron chi connectivity index (χ2n) is 6.33. The van der Waals surface area contributed by atoms with Crippen LogP contribution >= 0.6 is 0 Å². The van der Waals surface area contributed by atoms with Gasteiger partial charge in [-0.1, -0.05) is 30.3 Å². The maximum absolute atomic E-state index is 11.8. The maximum Gasteiger partial charge on any atom is 0.431 e. The van der Waals surface area contributed by atoms with Crippen LogP contribution in [-0.2, 0) is 20.9 Å². The van der Waals surface area contributed by atoms with E-state index in [1.165, 1.54) is 0 Å². The Morgan fingerprint density at radius 2 is 1.84 bits per heavy atom. The summed E-state index contributed by atoms with van der Waals surface area (Å²) in [6.45, 7) is 5.12. The van der Waals surface area contributed by atoms with Crippen molar-refractivity contribution in [1.29, 1.82) is 0 Å². The van der Waals surface area contributed by atoms with Crippen molar-refractivity contribution in [3.05, 3.63) is 35.9 Å². The van der Waals surface area contributed by atoms with Gasteiger partial charge in [0, 0.05) is 6.61 Å². The summed E-state index contributed by atoms with van der Waals surface area (Å²) >= 11 is 0. The second kappa shape index (κ2) is 10.5. The van der Waals surface area contributed by atoms with Crippen LogP contribution in [0.3, 0.4) is 0 Å². The Morgan fingerprint density at radius 3 is 2.44 bits per heavy atom. The van der Waals surface area contributed by atoms with E-state index < -0.39 is 23.8 Å². The Kier molecular flexibility index (Phi) is 8.73. The van der Waals surface area contributed by atoms with Crippen LogP contribution in [0, 0.1) is 0 Å². The molecule has 1 aromatic carbocycles. The fraction of sp³-hybridized carbons (Fsp3) is 0.529. The minimum absolute atomic E-state index is 0.0414. The van der Waals surface area contributed by atoms with Crippen molar-refractivity contribution < 1.29 is 29.0 Å². The van der Waals surface area contributed by atoms with Crippen LogP contribution in [0.2, 0.25) is 0 Å². The number of nitrogens with one attached hydrogen (secondary N) is 2. The van der Waals surface area contributed by atoms with E-state index in [9.17, 15) is 9.59 Å². The molecule has 0 fully saturated rings. The van der Waals surface area contributed by atoms with Gasteiger partial charge in [0.25, 0.3) is 0 Å². The molecule has 8 nitrogen and oxygen atoms in total. The number of benzene rings is 1. The molecular formula is C17H26N2O6. The van der Waals surface area contributed by atoms with Crippen LogP contribution < -0.4 is 10.8 Å². The van der Waals surface area contributed by atoms with E-state index in [4.69, 9.17) is 19.4 Å². The van der Waals surface area contributed by atoms with E-state index >= 15 is 0 Å². The number of rotatable bonds is 8. The third-order valence-electron chi connectivity index (χ3n) is 2.85. The molecule has 0 aliphatic rings. The first kappa shape index (κ1) is 20.7. The number of hydroxylamine groups is 1. The quantitative estimate of drug-likeness (QED) is 0.618. The number of aliphatic hydroxyl groups is 1. The average Bonchev–Trinajstić information content (AvgIpc) is 2.52. The van der Waals surface area contributed by atoms with Gasteiger partial charge in [0.1, 0.15) is 12.2 Å². The number of aliphatic hydroxyl groups excluding tert-OH is 1. The van der Waals surface area contributed by atoms with Crippen LogP contribution in [0.5, 0.6) is 0 Å². The molecule has 0 saturated carbocycles. The minimum atomic E-state index is -0.734. The number of hydrogen-bond acceptors (Lipinski definition) is 6. The fourth-order valence-electron chi connectivity index (χ4n) is 1.78. The molecule has 140 valence electrons. The number of ether oxygens (including phenoxy) is 2. The van der Waals surface area contributed by atoms with Crippen molar-refractivity contribution in [2.45, 2.75) is 45.4 Å². The van der Waals surface area contributed by atoms with Gasteiger partial charge >= 0.3 is 12.2 Å². The van der Waals surface area contributed by atoms with Crippen molar-refractivity contribution >= 4 is 12.2 Å². The normalized spacial score (nSPS) is 12.2. The molecule has 1 atom stereocenters. The lowest BCUT2D eigenvalue weighted by Gasteiger charge is -2.21. The van der Waals surface area contributed by atoms with Gasteiger partial charge in [0.2, 0.25) is 0 Å². The Morgan fingerprint density at radius 1 is 1.16 bits per heavy atom. The number of carbonyl (C=O) groups is 2. The predicted octanol–water partition coefficient (Wildman–Crippen LogP) is 2.12. The van der Waals surface area contributed by atoms with E-state index in [2.05, 4.69) is 10.8 Å². The van der Waals surface area contributed by atoms with Crippen molar-refractivity contribution in [2.24, 2.45) is 0 Å². The molecule has 0 aromatic heterocycles. The molecule has 0 spiro atoms. The fourth-order valence-corrected chi connectivity index (χ4v) is 1.78. The molecule has 0 saturated heterocycles. The van der Waals surface area contributed by atoms with Crippen molar-refractivity contribution in [3.63, 3.8) is 0 Å². The summed E-state index contributed by atoms with van der Waals surface area (Å²) in [5.41, 5.74) is 2.34. The van der Waals surface area contributed by atoms with Gasteiger partial charge in [0.05, 0.1) is 12.6 Å². The number of carbonyl (C=O) groups excluding carboxylic acids is 2. The lowest BCUT2D eigenvalue weighted by molar-refractivity contribution is -0.0147. The zero-order chi connectivity index (χ0) is 18.7. The first-order chi connectivity index (χ1) is 11.8. The minimum Gasteiger partial charge on any atom is -0.445 e. The number of alkyl carbamates (subject to hydrolysis) is 1. The average molecular weight is 354 g/mol. The maximum atomic E-state index is 11.8. The highest BCUT2D eigenvalue weighted by molar-refractivity contribution is 5.67. The SMILES string of the molecule is CC(C)(C)OC(=O)NOCC(CCO)NC(=O)OCc1ccccc1. The number of hydrogen-bond donors (Lipinski definition) is 3. The molecule has 0 aliphatic carbocycles. The number of amides is 2. The zero-order valence-corrected chi connectivity index (χ0v) is 14.8. The van der Waals surface area contributed by atoms with E-state index in [0.717, 1.165) is 5.56 Å². The van der Waals surface area contributed by atoms with Crippen LogP contribution in [0.15, 0.2) is 30.3 Å². The van der Waals surface area contributed by atoms with E-state index in [1.807, 2.05) is 30.3 Å². The largest absolute Gasteiger partial charge is 0.445 e. The van der Waals surface area contributed by atoms with E-state index in [1.54, 1.807) is 20.8 Å². The smallest absolute Gasteiger partial charge is 0.431 e. The lowest BCUT2D eigenvalue weighted by atomic mass is 10.2. The molecule has 25 heavy (non-hydrogen) atoms. The van der Waals surface area contributed by atoms with E-state index in [-0.39, 0.29) is 26.2 Å². The first-order valence-corrected chi connectivity index (χ1v) is 7.99. The molecule has 2 amide bonds. The van der Waals surface area contributed by atoms with Crippen molar-refractivity contribution in [2.75, 3.05) is 13.2 Å². The summed E-state index contributed by atoms with van der Waals surface area (Å²) in [7, 11) is 0. The molecule has 0 heterocycles. The van der Waals surface area contributed by atoms with Crippen LogP contribution in [0.4, 0.5) is 9.59 Å². The summed E-state index contributed by atoms with van der Waals surface area (Å²) in [5, 5.41) is 11.6. The van der Waals surface area contributed by atoms with Crippen molar-refractivity contribution in [1.82, 2.24) is 10.8 Å². The summed E-state index contributed by atoms with van der Waals surface area (Å²) in [6.07, 6.45) is -1.12. The van der Waals surface area contributed by atoms with Gasteiger partial charge in [0.15, 0.2) is 0 Å². The molecule has 0 bridgehead atoms. The summed E-state index contributed by atoms with van der Waals surface area (Å²) in [5.74, 6) is 0. The standard InChI is InChI=1S/C17H26N2O6/c1-17(2,3)25-16(22)19-24-12-14(9-10-20)18-15(21)23-11-13-7-5-4-6-8-13/h4-8,14,20H,9-12H2,1-3H3,(H,18,21)(H,19,22). The molecule has 1 rings (SSSR count). The summed E-state index contributed by atoms with van der Waals surface area (Å²) in [6, 6.07) is 8.72. The highest BCUT2D eigenvalue weighted by Crippen LogP contribution is 2.06. The Hall–Kier alpha value is -2.32. The Balaban J connectivity index is 2.32. The van der Waals surface area contributed by atoms with Gasteiger partial charge in [-0.05, 0) is 32.8 Å². The van der Waals surface area contributed by atoms with Crippen LogP contribution in [0.1, 0.15) is 32.8 Å². The third kappa shape index (κ3) is 10.2. The molecule has 0 aliphatic heterocycles. The zero-order valence-electron chi connectivity index (χ0n) is 14.8. The molecule has 0 radical (unpaired) electrons. The highest BCUT2D eigenvalue weighted by atomic mass is 16.7. The third-order valence-corrected chi connectivity index (χ3v) is 2.85. The monoisotopic (exact) mass is 354 g/mol. The second-order valence-corrected chi connectivity index (χ2v) is 6.33. The van der Waals surface area contributed by atoms with Crippen LogP contribution in [0.25, 0.3) is 0 Å². The van der Waals surface area contributed by atoms with Crippen LogP contribution in [-0.4, -0.2) is 42.1 Å². The summed E-state index contributed by atoms with van der Waals surface area (Å²) < 4.78 is 10.1. The molecule has 8 heteroatoms. The Bertz CT molecular complexity index is 530.